The second kappa shape index (κ2) is 8.68. The first-order valence-corrected chi connectivity index (χ1v) is 6.73. The average molecular weight is 321 g/mol. The van der Waals surface area contributed by atoms with Gasteiger partial charge in [-0.05, 0) is 42.2 Å². The van der Waals surface area contributed by atoms with E-state index in [2.05, 4.69) is 42.2 Å². The van der Waals surface area contributed by atoms with Crippen LogP contribution in [0.5, 0.6) is 0 Å². The van der Waals surface area contributed by atoms with E-state index in [0.29, 0.717) is 11.1 Å². The first-order chi connectivity index (χ1) is 8.94. The Morgan fingerprint density at radius 2 is 1.79 bits per heavy atom. The largest absolute Gasteiger partial charge is 0.384 e. The monoisotopic (exact) mass is 320 g/mol. The highest BCUT2D eigenvalue weighted by Crippen LogP contribution is 2.33. The molecular weight excluding hydrogens is 300 g/mol. The number of halogens is 1. The maximum atomic E-state index is 10.2. The molecule has 0 bridgehead atoms. The van der Waals surface area contributed by atoms with E-state index in [4.69, 9.17) is 0 Å². The first kappa shape index (κ1) is 17.6. The molecule has 0 heterocycles. The fraction of sp³-hybridized carbons (Fsp3) is 0.176. The lowest BCUT2D eigenvalue weighted by molar-refractivity contribution is 0.253. The van der Waals surface area contributed by atoms with Gasteiger partial charge in [-0.2, -0.15) is 0 Å². The van der Waals surface area contributed by atoms with Crippen LogP contribution in [0.25, 0.3) is 0 Å². The van der Waals surface area contributed by atoms with Gasteiger partial charge in [0.25, 0.3) is 0 Å². The van der Waals surface area contributed by atoms with Crippen molar-refractivity contribution < 1.29 is 5.11 Å². The van der Waals surface area contributed by atoms with E-state index >= 15 is 0 Å². The van der Waals surface area contributed by atoms with Crippen molar-refractivity contribution in [2.24, 2.45) is 0 Å². The van der Waals surface area contributed by atoms with Gasteiger partial charge in [0.1, 0.15) is 6.10 Å². The lowest BCUT2D eigenvalue weighted by Crippen LogP contribution is -2.13. The van der Waals surface area contributed by atoms with Gasteiger partial charge in [-0.25, -0.2) is 0 Å². The number of aliphatic hydroxyl groups excluding tert-OH is 1. The van der Waals surface area contributed by atoms with Crippen LogP contribution in [0.3, 0.4) is 0 Å². The van der Waals surface area contributed by atoms with E-state index < -0.39 is 6.10 Å². The zero-order valence-electron chi connectivity index (χ0n) is 11.6. The third-order valence-corrected chi connectivity index (χ3v) is 3.19. The zero-order valence-corrected chi connectivity index (χ0v) is 13.2. The minimum Gasteiger partial charge on any atom is -0.384 e. The van der Waals surface area contributed by atoms with Gasteiger partial charge in [0, 0.05) is 4.48 Å². The summed E-state index contributed by atoms with van der Waals surface area (Å²) in [7, 11) is 0. The van der Waals surface area contributed by atoms with Crippen molar-refractivity contribution >= 4 is 15.9 Å². The Morgan fingerprint density at radius 1 is 1.26 bits per heavy atom. The van der Waals surface area contributed by atoms with Gasteiger partial charge in [-0.3, -0.25) is 0 Å². The number of allylic oxidation sites excluding steroid dienone is 6. The molecule has 1 atom stereocenters. The molecule has 1 nitrogen and oxygen atoms in total. The highest BCUT2D eigenvalue weighted by Gasteiger charge is 2.21. The van der Waals surface area contributed by atoms with E-state index in [0.717, 1.165) is 15.6 Å². The number of rotatable bonds is 2. The number of aliphatic hydroxyl groups is 1. The molecular formula is C17H21BrO. The summed E-state index contributed by atoms with van der Waals surface area (Å²) in [6.07, 6.45) is 8.37. The molecule has 0 saturated heterocycles. The zero-order chi connectivity index (χ0) is 15.0. The summed E-state index contributed by atoms with van der Waals surface area (Å²) in [5.74, 6) is 0. The Bertz CT molecular complexity index is 475. The van der Waals surface area contributed by atoms with Gasteiger partial charge in [-0.1, -0.05) is 60.0 Å². The number of hydrogen-bond donors (Lipinski definition) is 1. The second-order valence-corrected chi connectivity index (χ2v) is 4.78. The molecule has 0 aromatic carbocycles. The molecule has 0 radical (unpaired) electrons. The summed E-state index contributed by atoms with van der Waals surface area (Å²) in [6, 6.07) is 0. The Kier molecular flexibility index (Phi) is 8.05. The summed E-state index contributed by atoms with van der Waals surface area (Å²) in [5, 5.41) is 10.2. The van der Waals surface area contributed by atoms with Gasteiger partial charge in [0.2, 0.25) is 0 Å². The van der Waals surface area contributed by atoms with Crippen molar-refractivity contribution in [1.82, 2.24) is 0 Å². The smallest absolute Gasteiger partial charge is 0.105 e. The van der Waals surface area contributed by atoms with E-state index in [9.17, 15) is 5.11 Å². The van der Waals surface area contributed by atoms with Crippen LogP contribution >= 0.6 is 15.9 Å². The van der Waals surface area contributed by atoms with Crippen LogP contribution in [0.15, 0.2) is 83.5 Å². The third-order valence-electron chi connectivity index (χ3n) is 2.48. The van der Waals surface area contributed by atoms with Crippen molar-refractivity contribution in [1.29, 1.82) is 0 Å². The average Bonchev–Trinajstić information content (AvgIpc) is 2.46. The molecule has 0 spiro atoms. The van der Waals surface area contributed by atoms with Crippen LogP contribution < -0.4 is 0 Å². The molecule has 0 fully saturated rings. The predicted octanol–water partition coefficient (Wildman–Crippen LogP) is 5.00. The van der Waals surface area contributed by atoms with Gasteiger partial charge >= 0.3 is 0 Å². The summed E-state index contributed by atoms with van der Waals surface area (Å²) >= 11 is 3.41. The topological polar surface area (TPSA) is 20.2 Å². The quantitative estimate of drug-likeness (QED) is 0.709. The normalized spacial score (nSPS) is 19.6. The van der Waals surface area contributed by atoms with Gasteiger partial charge in [-0.15, -0.1) is 6.58 Å². The van der Waals surface area contributed by atoms with Crippen LogP contribution in [0.1, 0.15) is 13.8 Å². The molecule has 0 aromatic heterocycles. The van der Waals surface area contributed by atoms with Crippen molar-refractivity contribution in [2.75, 3.05) is 0 Å². The standard InChI is InChI=1S/C14H15BrO.C3H6/c1-5-7-12-11(6-2)8-13(15)9(3)10(4)14(12)16;1-3-2/h5-8,14,16H,2-4H2,1H3;3H,1H2,2H3/b7-5-;. The van der Waals surface area contributed by atoms with E-state index in [-0.39, 0.29) is 0 Å². The highest BCUT2D eigenvalue weighted by molar-refractivity contribution is 9.12. The van der Waals surface area contributed by atoms with Crippen LogP contribution in [0.2, 0.25) is 0 Å². The molecule has 2 heteroatoms. The minimum atomic E-state index is -0.733. The molecule has 1 aliphatic carbocycles. The molecule has 102 valence electrons. The summed E-state index contributed by atoms with van der Waals surface area (Å²) < 4.78 is 0.825. The fourth-order valence-corrected chi connectivity index (χ4v) is 2.02. The van der Waals surface area contributed by atoms with E-state index in [1.807, 2.05) is 32.1 Å². The Labute approximate surface area is 124 Å². The van der Waals surface area contributed by atoms with Crippen molar-refractivity contribution in [2.45, 2.75) is 20.0 Å². The molecule has 1 rings (SSSR count). The molecule has 0 aliphatic heterocycles. The number of hydrogen-bond acceptors (Lipinski definition) is 1. The van der Waals surface area contributed by atoms with E-state index in [1.54, 1.807) is 12.2 Å². The first-order valence-electron chi connectivity index (χ1n) is 5.94. The lowest BCUT2D eigenvalue weighted by Gasteiger charge is -2.15. The Hall–Kier alpha value is -1.38. The Morgan fingerprint density at radius 3 is 2.21 bits per heavy atom. The molecule has 1 N–H and O–H groups in total. The van der Waals surface area contributed by atoms with Gasteiger partial charge in [0.05, 0.1) is 0 Å². The molecule has 0 saturated carbocycles. The van der Waals surface area contributed by atoms with Crippen molar-refractivity contribution in [3.05, 3.63) is 83.5 Å². The van der Waals surface area contributed by atoms with Crippen molar-refractivity contribution in [3.8, 4) is 0 Å². The molecule has 0 aromatic rings. The minimum absolute atomic E-state index is 0.605. The van der Waals surface area contributed by atoms with Crippen LogP contribution in [-0.2, 0) is 0 Å². The van der Waals surface area contributed by atoms with Crippen molar-refractivity contribution in [3.63, 3.8) is 0 Å². The Balaban J connectivity index is 0.000000982. The summed E-state index contributed by atoms with van der Waals surface area (Å²) in [5.41, 5.74) is 2.98. The molecule has 1 aliphatic rings. The summed E-state index contributed by atoms with van der Waals surface area (Å²) in [6.45, 7) is 18.7. The molecule has 1 unspecified atom stereocenters. The summed E-state index contributed by atoms with van der Waals surface area (Å²) in [4.78, 5) is 0. The predicted molar refractivity (Wildman–Crippen MR) is 89.2 cm³/mol. The van der Waals surface area contributed by atoms with Crippen LogP contribution in [-0.4, -0.2) is 11.2 Å². The highest BCUT2D eigenvalue weighted by atomic mass is 79.9. The maximum Gasteiger partial charge on any atom is 0.105 e. The van der Waals surface area contributed by atoms with Crippen LogP contribution in [0.4, 0.5) is 0 Å². The second-order valence-electron chi connectivity index (χ2n) is 3.92. The SMILES string of the molecule is C=CC.C=CC1=C(/C=C\C)C(O)C(=C)C(=C)C(Br)=C1. The van der Waals surface area contributed by atoms with Crippen LogP contribution in [0, 0.1) is 0 Å². The fourth-order valence-electron chi connectivity index (χ4n) is 1.51. The van der Waals surface area contributed by atoms with Gasteiger partial charge < -0.3 is 5.11 Å². The van der Waals surface area contributed by atoms with E-state index in [1.165, 1.54) is 0 Å². The third kappa shape index (κ3) is 4.66. The lowest BCUT2D eigenvalue weighted by atomic mass is 9.97. The maximum absolute atomic E-state index is 10.2. The molecule has 19 heavy (non-hydrogen) atoms. The van der Waals surface area contributed by atoms with Gasteiger partial charge in [0.15, 0.2) is 0 Å². The molecule has 0 amide bonds.